The van der Waals surface area contributed by atoms with Crippen molar-refractivity contribution in [2.45, 2.75) is 13.8 Å². The maximum absolute atomic E-state index is 13.1. The zero-order valence-corrected chi connectivity index (χ0v) is 7.43. The zero-order valence-electron chi connectivity index (χ0n) is 7.43. The lowest BCUT2D eigenvalue weighted by Crippen LogP contribution is -2.00. The molecule has 0 saturated carbocycles. The molecule has 3 heteroatoms. The van der Waals surface area contributed by atoms with E-state index in [-0.39, 0.29) is 22.5 Å². The lowest BCUT2D eigenvalue weighted by atomic mass is 10.0. The van der Waals surface area contributed by atoms with E-state index in [4.69, 9.17) is 0 Å². The molecule has 0 bridgehead atoms. The number of carbonyl (C=O) groups is 2. The predicted octanol–water partition coefficient (Wildman–Crippen LogP) is 2.15. The van der Waals surface area contributed by atoms with E-state index in [2.05, 4.69) is 0 Å². The van der Waals surface area contributed by atoms with Crippen LogP contribution in [0.4, 0.5) is 4.39 Å². The first-order chi connectivity index (χ1) is 6.06. The smallest absolute Gasteiger partial charge is 0.160 e. The summed E-state index contributed by atoms with van der Waals surface area (Å²) in [5.41, 5.74) is 0.744. The van der Waals surface area contributed by atoms with Gasteiger partial charge in [-0.3, -0.25) is 9.59 Å². The van der Waals surface area contributed by atoms with Gasteiger partial charge in [0.05, 0.1) is 0 Å². The van der Waals surface area contributed by atoms with Gasteiger partial charge >= 0.3 is 0 Å². The summed E-state index contributed by atoms with van der Waals surface area (Å²) >= 11 is 0. The van der Waals surface area contributed by atoms with Crippen LogP contribution < -0.4 is 0 Å². The van der Waals surface area contributed by atoms with Gasteiger partial charge in [-0.05, 0) is 31.5 Å². The lowest BCUT2D eigenvalue weighted by Gasteiger charge is -2.03. The zero-order chi connectivity index (χ0) is 10.0. The molecule has 68 valence electrons. The van der Waals surface area contributed by atoms with E-state index in [1.807, 2.05) is 0 Å². The lowest BCUT2D eigenvalue weighted by molar-refractivity contribution is 0.101. The monoisotopic (exact) mass is 180 g/mol. The number of Topliss-reactive ketones (excluding diaryl/α,β-unsaturated/α-hetero) is 1. The van der Waals surface area contributed by atoms with Crippen LogP contribution in [-0.4, -0.2) is 12.1 Å². The largest absolute Gasteiger partial charge is 0.298 e. The maximum atomic E-state index is 13.1. The number of hydrogen-bond donors (Lipinski definition) is 0. The van der Waals surface area contributed by atoms with Gasteiger partial charge in [0.1, 0.15) is 12.1 Å². The van der Waals surface area contributed by atoms with E-state index in [0.717, 1.165) is 6.07 Å². The molecule has 1 aromatic rings. The molecular weight excluding hydrogens is 171 g/mol. The van der Waals surface area contributed by atoms with Gasteiger partial charge in [-0.2, -0.15) is 0 Å². The van der Waals surface area contributed by atoms with Crippen LogP contribution in [0.5, 0.6) is 0 Å². The van der Waals surface area contributed by atoms with Crippen molar-refractivity contribution in [2.24, 2.45) is 0 Å². The van der Waals surface area contributed by atoms with E-state index < -0.39 is 5.82 Å². The van der Waals surface area contributed by atoms with Crippen molar-refractivity contribution in [1.29, 1.82) is 0 Å². The Kier molecular flexibility index (Phi) is 2.56. The third kappa shape index (κ3) is 1.80. The standard InChI is InChI=1S/C10H9FO2/c1-6-9(7(2)13)3-8(5-12)4-10(6)11/h3-5H,1-2H3. The van der Waals surface area contributed by atoms with E-state index in [1.165, 1.54) is 19.9 Å². The number of ketones is 1. The molecular formula is C10H9FO2. The fourth-order valence-electron chi connectivity index (χ4n) is 1.13. The highest BCUT2D eigenvalue weighted by Crippen LogP contribution is 2.15. The summed E-state index contributed by atoms with van der Waals surface area (Å²) in [6, 6.07) is 2.52. The van der Waals surface area contributed by atoms with Crippen molar-refractivity contribution in [1.82, 2.24) is 0 Å². The van der Waals surface area contributed by atoms with Gasteiger partial charge in [0, 0.05) is 11.1 Å². The molecule has 0 aliphatic heterocycles. The second kappa shape index (κ2) is 3.47. The molecule has 0 aliphatic carbocycles. The third-order valence-electron chi connectivity index (χ3n) is 1.88. The fraction of sp³-hybridized carbons (Fsp3) is 0.200. The summed E-state index contributed by atoms with van der Waals surface area (Å²) in [5, 5.41) is 0. The molecule has 0 atom stereocenters. The normalized spacial score (nSPS) is 9.77. The number of aldehydes is 1. The third-order valence-corrected chi connectivity index (χ3v) is 1.88. The fourth-order valence-corrected chi connectivity index (χ4v) is 1.13. The average molecular weight is 180 g/mol. The maximum Gasteiger partial charge on any atom is 0.160 e. The Hall–Kier alpha value is -1.51. The highest BCUT2D eigenvalue weighted by molar-refractivity contribution is 5.97. The van der Waals surface area contributed by atoms with E-state index >= 15 is 0 Å². The van der Waals surface area contributed by atoms with Crippen molar-refractivity contribution in [3.05, 3.63) is 34.6 Å². The number of halogens is 1. The Bertz CT molecular complexity index is 369. The summed E-state index contributed by atoms with van der Waals surface area (Å²) in [6.07, 6.45) is 0.523. The van der Waals surface area contributed by atoms with Crippen molar-refractivity contribution < 1.29 is 14.0 Å². The quantitative estimate of drug-likeness (QED) is 0.516. The summed E-state index contributed by atoms with van der Waals surface area (Å²) in [5.74, 6) is -0.755. The van der Waals surface area contributed by atoms with Gasteiger partial charge in [-0.15, -0.1) is 0 Å². The first-order valence-electron chi connectivity index (χ1n) is 3.82. The molecule has 13 heavy (non-hydrogen) atoms. The topological polar surface area (TPSA) is 34.1 Å². The van der Waals surface area contributed by atoms with Gasteiger partial charge in [0.25, 0.3) is 0 Å². The minimum atomic E-state index is -0.519. The van der Waals surface area contributed by atoms with E-state index in [0.29, 0.717) is 6.29 Å². The van der Waals surface area contributed by atoms with Gasteiger partial charge in [0.2, 0.25) is 0 Å². The summed E-state index contributed by atoms with van der Waals surface area (Å²) < 4.78 is 13.1. The molecule has 1 aromatic carbocycles. The van der Waals surface area contributed by atoms with Crippen LogP contribution in [-0.2, 0) is 0 Å². The van der Waals surface area contributed by atoms with Crippen molar-refractivity contribution >= 4 is 12.1 Å². The molecule has 0 spiro atoms. The van der Waals surface area contributed by atoms with Crippen molar-refractivity contribution in [3.63, 3.8) is 0 Å². The van der Waals surface area contributed by atoms with Crippen LogP contribution in [0.2, 0.25) is 0 Å². The Labute approximate surface area is 75.4 Å². The van der Waals surface area contributed by atoms with E-state index in [9.17, 15) is 14.0 Å². The average Bonchev–Trinajstić information content (AvgIpc) is 2.09. The molecule has 0 aliphatic rings. The SMILES string of the molecule is CC(=O)c1cc(C=O)cc(F)c1C. The minimum absolute atomic E-state index is 0.188. The molecule has 0 N–H and O–H groups in total. The van der Waals surface area contributed by atoms with Crippen LogP contribution in [0.15, 0.2) is 12.1 Å². The van der Waals surface area contributed by atoms with Crippen LogP contribution in [0.3, 0.4) is 0 Å². The van der Waals surface area contributed by atoms with Crippen LogP contribution in [0, 0.1) is 12.7 Å². The number of hydrogen-bond acceptors (Lipinski definition) is 2. The van der Waals surface area contributed by atoms with Gasteiger partial charge in [-0.1, -0.05) is 0 Å². The summed E-state index contributed by atoms with van der Waals surface area (Å²) in [6.45, 7) is 2.86. The molecule has 1 rings (SSSR count). The number of benzene rings is 1. The molecule has 0 saturated heterocycles. The summed E-state index contributed by atoms with van der Waals surface area (Å²) in [4.78, 5) is 21.4. The van der Waals surface area contributed by atoms with Crippen molar-refractivity contribution in [2.75, 3.05) is 0 Å². The number of carbonyl (C=O) groups excluding carboxylic acids is 2. The second-order valence-corrected chi connectivity index (χ2v) is 2.85. The Morgan fingerprint density at radius 1 is 1.46 bits per heavy atom. The molecule has 0 heterocycles. The van der Waals surface area contributed by atoms with Crippen LogP contribution >= 0.6 is 0 Å². The molecule has 0 radical (unpaired) electrons. The Morgan fingerprint density at radius 3 is 2.54 bits per heavy atom. The second-order valence-electron chi connectivity index (χ2n) is 2.85. The molecule has 0 aromatic heterocycles. The highest BCUT2D eigenvalue weighted by Gasteiger charge is 2.09. The minimum Gasteiger partial charge on any atom is -0.298 e. The molecule has 2 nitrogen and oxygen atoms in total. The van der Waals surface area contributed by atoms with Crippen molar-refractivity contribution in [3.8, 4) is 0 Å². The summed E-state index contributed by atoms with van der Waals surface area (Å²) in [7, 11) is 0. The Balaban J connectivity index is 3.41. The van der Waals surface area contributed by atoms with Crippen LogP contribution in [0.1, 0.15) is 33.2 Å². The van der Waals surface area contributed by atoms with Gasteiger partial charge in [0.15, 0.2) is 5.78 Å². The van der Waals surface area contributed by atoms with E-state index in [1.54, 1.807) is 0 Å². The van der Waals surface area contributed by atoms with Gasteiger partial charge < -0.3 is 0 Å². The first kappa shape index (κ1) is 9.58. The number of rotatable bonds is 2. The molecule has 0 unspecified atom stereocenters. The molecule has 0 fully saturated rings. The van der Waals surface area contributed by atoms with Crippen LogP contribution in [0.25, 0.3) is 0 Å². The Morgan fingerprint density at radius 2 is 2.08 bits per heavy atom. The van der Waals surface area contributed by atoms with Gasteiger partial charge in [-0.25, -0.2) is 4.39 Å². The molecule has 0 amide bonds. The highest BCUT2D eigenvalue weighted by atomic mass is 19.1. The first-order valence-corrected chi connectivity index (χ1v) is 3.82. The predicted molar refractivity (Wildman–Crippen MR) is 46.5 cm³/mol.